The van der Waals surface area contributed by atoms with Crippen LogP contribution in [0.5, 0.6) is 0 Å². The Labute approximate surface area is 111 Å². The first-order valence-corrected chi connectivity index (χ1v) is 5.75. The van der Waals surface area contributed by atoms with E-state index in [1.54, 1.807) is 13.0 Å². The molecule has 1 amide bonds. The van der Waals surface area contributed by atoms with Gasteiger partial charge in [-0.2, -0.15) is 4.98 Å². The molecule has 2 heterocycles. The molecule has 0 aliphatic rings. The van der Waals surface area contributed by atoms with Crippen molar-refractivity contribution < 1.29 is 9.21 Å². The number of aromatic nitrogens is 2. The Morgan fingerprint density at radius 2 is 2.33 bits per heavy atom. The Kier molecular flexibility index (Phi) is 3.58. The molecule has 4 N–H and O–H groups in total. The summed E-state index contributed by atoms with van der Waals surface area (Å²) in [4.78, 5) is 19.9. The maximum atomic E-state index is 12.0. The van der Waals surface area contributed by atoms with Gasteiger partial charge in [-0.25, -0.2) is 10.8 Å². The van der Waals surface area contributed by atoms with Gasteiger partial charge in [0.05, 0.1) is 11.3 Å². The lowest BCUT2D eigenvalue weighted by atomic mass is 10.2. The highest BCUT2D eigenvalue weighted by atomic mass is 79.9. The highest BCUT2D eigenvalue weighted by molar-refractivity contribution is 9.10. The number of carbonyl (C=O) groups excluding carboxylic acids is 1. The van der Waals surface area contributed by atoms with Gasteiger partial charge in [0.15, 0.2) is 5.82 Å². The van der Waals surface area contributed by atoms with Crippen LogP contribution in [-0.2, 0) is 0 Å². The number of nitrogens with two attached hydrogens (primary N) is 1. The van der Waals surface area contributed by atoms with Gasteiger partial charge in [0.1, 0.15) is 6.26 Å². The van der Waals surface area contributed by atoms with Crippen LogP contribution in [0.3, 0.4) is 0 Å². The molecule has 0 radical (unpaired) electrons. The van der Waals surface area contributed by atoms with Gasteiger partial charge in [0.25, 0.3) is 5.91 Å². The van der Waals surface area contributed by atoms with Gasteiger partial charge in [0.2, 0.25) is 0 Å². The van der Waals surface area contributed by atoms with E-state index >= 15 is 0 Å². The molecule has 2 rings (SSSR count). The number of nitrogens with one attached hydrogen (secondary N) is 2. The normalized spacial score (nSPS) is 10.2. The summed E-state index contributed by atoms with van der Waals surface area (Å²) in [5.41, 5.74) is 3.31. The van der Waals surface area contributed by atoms with E-state index in [1.165, 1.54) is 12.5 Å². The topological polar surface area (TPSA) is 106 Å². The number of amides is 1. The van der Waals surface area contributed by atoms with Crippen LogP contribution in [0.15, 0.2) is 27.4 Å². The van der Waals surface area contributed by atoms with Gasteiger partial charge in [-0.15, -0.1) is 0 Å². The molecule has 94 valence electrons. The molecular weight excluding hydrogens is 302 g/mol. The Bertz CT molecular complexity index is 583. The molecule has 0 bridgehead atoms. The summed E-state index contributed by atoms with van der Waals surface area (Å²) in [6, 6.07) is 1.72. The molecule has 0 aliphatic carbocycles. The minimum absolute atomic E-state index is 0.125. The minimum atomic E-state index is -0.418. The molecule has 0 saturated carbocycles. The molecule has 8 heteroatoms. The summed E-state index contributed by atoms with van der Waals surface area (Å²) in [5.74, 6) is 5.13. The average Bonchev–Trinajstić information content (AvgIpc) is 2.74. The van der Waals surface area contributed by atoms with E-state index in [0.29, 0.717) is 10.2 Å². The molecule has 0 fully saturated rings. The molecule has 18 heavy (non-hydrogen) atoms. The monoisotopic (exact) mass is 311 g/mol. The fourth-order valence-corrected chi connectivity index (χ4v) is 1.63. The van der Waals surface area contributed by atoms with E-state index in [1.807, 2.05) is 0 Å². The van der Waals surface area contributed by atoms with Crippen LogP contribution < -0.4 is 16.6 Å². The smallest absolute Gasteiger partial charge is 0.301 e. The number of hydrogen-bond acceptors (Lipinski definition) is 6. The first-order chi connectivity index (χ1) is 8.60. The second-order valence-electron chi connectivity index (χ2n) is 3.44. The number of nitrogens with zero attached hydrogens (tertiary/aromatic N) is 2. The Hall–Kier alpha value is -1.93. The molecular formula is C10H10BrN5O2. The van der Waals surface area contributed by atoms with Gasteiger partial charge in [-0.1, -0.05) is 0 Å². The number of carbonyl (C=O) groups is 1. The number of halogens is 1. The summed E-state index contributed by atoms with van der Waals surface area (Å²) in [6.45, 7) is 1.76. The molecule has 2 aromatic heterocycles. The standard InChI is InChI=1S/C10H10BrN5O2/c1-5-4-18-10(14-5)15-9(17)7-2-6(11)3-13-8(7)16-12/h2-4H,12H2,1H3,(H,13,16)(H,14,15,17). The zero-order chi connectivity index (χ0) is 13.1. The van der Waals surface area contributed by atoms with Crippen molar-refractivity contribution in [3.05, 3.63) is 34.3 Å². The number of hydrogen-bond donors (Lipinski definition) is 3. The fraction of sp³-hybridized carbons (Fsp3) is 0.100. The maximum Gasteiger partial charge on any atom is 0.301 e. The van der Waals surface area contributed by atoms with Crippen molar-refractivity contribution >= 4 is 33.7 Å². The van der Waals surface area contributed by atoms with Crippen molar-refractivity contribution in [1.29, 1.82) is 0 Å². The third kappa shape index (κ3) is 2.66. The van der Waals surface area contributed by atoms with Gasteiger partial charge >= 0.3 is 6.01 Å². The fourth-order valence-electron chi connectivity index (χ4n) is 1.30. The predicted molar refractivity (Wildman–Crippen MR) is 68.9 cm³/mol. The zero-order valence-electron chi connectivity index (χ0n) is 9.40. The highest BCUT2D eigenvalue weighted by Crippen LogP contribution is 2.18. The van der Waals surface area contributed by atoms with Gasteiger partial charge in [-0.3, -0.25) is 10.1 Å². The van der Waals surface area contributed by atoms with Crippen molar-refractivity contribution in [2.75, 3.05) is 10.7 Å². The summed E-state index contributed by atoms with van der Waals surface area (Å²) in [6.07, 6.45) is 2.97. The number of nitrogen functional groups attached to an aromatic ring is 1. The second-order valence-corrected chi connectivity index (χ2v) is 4.36. The van der Waals surface area contributed by atoms with Crippen molar-refractivity contribution in [3.63, 3.8) is 0 Å². The molecule has 0 unspecified atom stereocenters. The number of aryl methyl sites for hydroxylation is 1. The largest absolute Gasteiger partial charge is 0.432 e. The van der Waals surface area contributed by atoms with Crippen LogP contribution >= 0.6 is 15.9 Å². The molecule has 0 spiro atoms. The Balaban J connectivity index is 2.25. The van der Waals surface area contributed by atoms with Crippen molar-refractivity contribution in [3.8, 4) is 0 Å². The van der Waals surface area contributed by atoms with E-state index in [-0.39, 0.29) is 17.4 Å². The average molecular weight is 312 g/mol. The third-order valence-corrected chi connectivity index (χ3v) is 2.51. The van der Waals surface area contributed by atoms with Crippen molar-refractivity contribution in [2.24, 2.45) is 5.84 Å². The van der Waals surface area contributed by atoms with Crippen molar-refractivity contribution in [2.45, 2.75) is 6.92 Å². The maximum absolute atomic E-state index is 12.0. The first-order valence-electron chi connectivity index (χ1n) is 4.96. The van der Waals surface area contributed by atoms with Crippen LogP contribution in [0, 0.1) is 6.92 Å². The summed E-state index contributed by atoms with van der Waals surface area (Å²) < 4.78 is 5.70. The highest BCUT2D eigenvalue weighted by Gasteiger charge is 2.15. The lowest BCUT2D eigenvalue weighted by Gasteiger charge is -2.07. The summed E-state index contributed by atoms with van der Waals surface area (Å²) in [7, 11) is 0. The number of oxazole rings is 1. The molecule has 0 saturated heterocycles. The van der Waals surface area contributed by atoms with Gasteiger partial charge in [0, 0.05) is 10.7 Å². The van der Waals surface area contributed by atoms with Crippen LogP contribution in [-0.4, -0.2) is 15.9 Å². The zero-order valence-corrected chi connectivity index (χ0v) is 11.0. The second kappa shape index (κ2) is 5.15. The number of rotatable bonds is 3. The van der Waals surface area contributed by atoms with Crippen LogP contribution in [0.25, 0.3) is 0 Å². The molecule has 2 aromatic rings. The lowest BCUT2D eigenvalue weighted by Crippen LogP contribution is -2.18. The Morgan fingerprint density at radius 1 is 1.56 bits per heavy atom. The molecule has 0 aromatic carbocycles. The first kappa shape index (κ1) is 12.5. The van der Waals surface area contributed by atoms with Crippen LogP contribution in [0.2, 0.25) is 0 Å². The van der Waals surface area contributed by atoms with E-state index in [4.69, 9.17) is 10.3 Å². The lowest BCUT2D eigenvalue weighted by molar-refractivity contribution is 0.102. The third-order valence-electron chi connectivity index (χ3n) is 2.08. The van der Waals surface area contributed by atoms with Crippen LogP contribution in [0.1, 0.15) is 16.1 Å². The Morgan fingerprint density at radius 3 is 2.94 bits per heavy atom. The minimum Gasteiger partial charge on any atom is -0.432 e. The quantitative estimate of drug-likeness (QED) is 0.588. The van der Waals surface area contributed by atoms with Gasteiger partial charge in [-0.05, 0) is 28.9 Å². The number of hydrazine groups is 1. The summed E-state index contributed by atoms with van der Waals surface area (Å²) >= 11 is 3.23. The SMILES string of the molecule is Cc1coc(NC(=O)c2cc(Br)cnc2NN)n1. The van der Waals surface area contributed by atoms with E-state index in [2.05, 4.69) is 36.6 Å². The van der Waals surface area contributed by atoms with Gasteiger partial charge < -0.3 is 9.84 Å². The van der Waals surface area contributed by atoms with Crippen molar-refractivity contribution in [1.82, 2.24) is 9.97 Å². The number of anilines is 2. The molecule has 0 atom stereocenters. The molecule has 7 nitrogen and oxygen atoms in total. The van der Waals surface area contributed by atoms with E-state index < -0.39 is 5.91 Å². The van der Waals surface area contributed by atoms with E-state index in [9.17, 15) is 4.79 Å². The van der Waals surface area contributed by atoms with Crippen LogP contribution in [0.4, 0.5) is 11.8 Å². The predicted octanol–water partition coefficient (Wildman–Crippen LogP) is 1.68. The summed E-state index contributed by atoms with van der Waals surface area (Å²) in [5, 5.41) is 2.51. The van der Waals surface area contributed by atoms with E-state index in [0.717, 1.165) is 0 Å². The number of pyridine rings is 1. The molecule has 0 aliphatic heterocycles.